The van der Waals surface area contributed by atoms with Gasteiger partial charge in [0, 0.05) is 11.4 Å². The molecule has 4 nitrogen and oxygen atoms in total. The maximum atomic E-state index is 10.9. The number of hydrogen-bond donors (Lipinski definition) is 2. The third-order valence-electron chi connectivity index (χ3n) is 3.73. The fraction of sp³-hybridized carbons (Fsp3) is 0.263. The van der Waals surface area contributed by atoms with Crippen LogP contribution in [0.1, 0.15) is 30.5 Å². The predicted molar refractivity (Wildman–Crippen MR) is 98.1 cm³/mol. The average molecular weight is 346 g/mol. The van der Waals surface area contributed by atoms with Crippen molar-refractivity contribution in [2.24, 2.45) is 0 Å². The summed E-state index contributed by atoms with van der Waals surface area (Å²) < 4.78 is 16.8. The Labute approximate surface area is 143 Å². The molecule has 0 aromatic heterocycles. The summed E-state index contributed by atoms with van der Waals surface area (Å²) in [5.41, 5.74) is 6.10. The summed E-state index contributed by atoms with van der Waals surface area (Å²) in [6.45, 7) is 8.28. The SMILES string of the molecule is CC(/C=C/C=C(\C)C1=Cc2cc(C)cc(C)c2OC1)=C\P(=O)(O)O. The predicted octanol–water partition coefficient (Wildman–Crippen LogP) is 4.66. The molecule has 128 valence electrons. The number of ether oxygens (including phenoxy) is 1. The van der Waals surface area contributed by atoms with E-state index >= 15 is 0 Å². The first-order chi connectivity index (χ1) is 11.2. The first-order valence-electron chi connectivity index (χ1n) is 7.70. The molecule has 2 N–H and O–H groups in total. The number of allylic oxidation sites excluding steroid dienone is 4. The van der Waals surface area contributed by atoms with Gasteiger partial charge in [0.05, 0.1) is 0 Å². The third-order valence-corrected chi connectivity index (χ3v) is 4.48. The molecule has 0 saturated carbocycles. The highest BCUT2D eigenvalue weighted by Crippen LogP contribution is 2.37. The van der Waals surface area contributed by atoms with E-state index in [4.69, 9.17) is 14.5 Å². The van der Waals surface area contributed by atoms with Crippen LogP contribution in [0.2, 0.25) is 0 Å². The fourth-order valence-electron chi connectivity index (χ4n) is 2.66. The molecule has 1 heterocycles. The van der Waals surface area contributed by atoms with Gasteiger partial charge in [-0.05, 0) is 62.1 Å². The van der Waals surface area contributed by atoms with Crippen LogP contribution < -0.4 is 4.74 Å². The minimum absolute atomic E-state index is 0.518. The largest absolute Gasteiger partial charge is 0.488 e. The molecule has 2 rings (SSSR count). The Morgan fingerprint density at radius 2 is 1.96 bits per heavy atom. The van der Waals surface area contributed by atoms with E-state index in [1.165, 1.54) is 5.56 Å². The van der Waals surface area contributed by atoms with Gasteiger partial charge in [-0.1, -0.05) is 29.9 Å². The Morgan fingerprint density at radius 3 is 2.62 bits per heavy atom. The summed E-state index contributed by atoms with van der Waals surface area (Å²) in [6, 6.07) is 4.22. The van der Waals surface area contributed by atoms with E-state index in [-0.39, 0.29) is 0 Å². The van der Waals surface area contributed by atoms with Crippen LogP contribution in [0.4, 0.5) is 0 Å². The van der Waals surface area contributed by atoms with Gasteiger partial charge in [-0.2, -0.15) is 0 Å². The van der Waals surface area contributed by atoms with E-state index in [1.54, 1.807) is 19.1 Å². The second kappa shape index (κ2) is 7.35. The van der Waals surface area contributed by atoms with E-state index in [1.807, 2.05) is 19.9 Å². The molecule has 24 heavy (non-hydrogen) atoms. The van der Waals surface area contributed by atoms with E-state index in [2.05, 4.69) is 25.1 Å². The quantitative estimate of drug-likeness (QED) is 0.614. The molecule has 0 amide bonds. The zero-order valence-electron chi connectivity index (χ0n) is 14.4. The molecule has 0 atom stereocenters. The molecule has 0 unspecified atom stereocenters. The van der Waals surface area contributed by atoms with Crippen LogP contribution in [-0.4, -0.2) is 16.4 Å². The summed E-state index contributed by atoms with van der Waals surface area (Å²) in [5.74, 6) is 1.89. The van der Waals surface area contributed by atoms with Crippen molar-refractivity contribution in [3.63, 3.8) is 0 Å². The van der Waals surface area contributed by atoms with Gasteiger partial charge in [-0.25, -0.2) is 0 Å². The third kappa shape index (κ3) is 5.07. The van der Waals surface area contributed by atoms with Gasteiger partial charge in [0.1, 0.15) is 12.4 Å². The Balaban J connectivity index is 2.21. The summed E-state index contributed by atoms with van der Waals surface area (Å²) in [5, 5.41) is 0. The van der Waals surface area contributed by atoms with E-state index in [0.29, 0.717) is 12.2 Å². The van der Waals surface area contributed by atoms with Gasteiger partial charge >= 0.3 is 7.60 Å². The van der Waals surface area contributed by atoms with Crippen molar-refractivity contribution in [3.05, 3.63) is 69.6 Å². The second-order valence-electron chi connectivity index (χ2n) is 6.13. The molecule has 0 aliphatic carbocycles. The van der Waals surface area contributed by atoms with Gasteiger partial charge < -0.3 is 14.5 Å². The Kier molecular flexibility index (Phi) is 5.66. The number of benzene rings is 1. The molecule has 1 aliphatic rings. The maximum absolute atomic E-state index is 10.9. The molecular formula is C19H23O4P. The van der Waals surface area contributed by atoms with E-state index in [9.17, 15) is 4.57 Å². The highest BCUT2D eigenvalue weighted by atomic mass is 31.2. The molecule has 1 aromatic carbocycles. The lowest BCUT2D eigenvalue weighted by Gasteiger charge is -2.20. The Bertz CT molecular complexity index is 807. The van der Waals surface area contributed by atoms with Crippen LogP contribution in [-0.2, 0) is 4.57 Å². The summed E-state index contributed by atoms with van der Waals surface area (Å²) in [6.07, 6.45) is 7.51. The standard InChI is InChI=1S/C19H23O4P/c1-13(12-24(20,21)22)6-5-7-15(3)18-10-17-9-14(2)8-16(4)19(17)23-11-18/h5-10,12H,11H2,1-4H3,(H2,20,21,22)/b6-5+,13-12+,15-7+. The van der Waals surface area contributed by atoms with Crippen molar-refractivity contribution in [2.45, 2.75) is 27.7 Å². The van der Waals surface area contributed by atoms with Crippen LogP contribution in [0.25, 0.3) is 6.08 Å². The lowest BCUT2D eigenvalue weighted by atomic mass is 9.98. The van der Waals surface area contributed by atoms with Gasteiger partial charge in [-0.15, -0.1) is 0 Å². The minimum atomic E-state index is -4.12. The van der Waals surface area contributed by atoms with Gasteiger partial charge in [0.25, 0.3) is 0 Å². The smallest absolute Gasteiger partial charge is 0.349 e. The second-order valence-corrected chi connectivity index (χ2v) is 7.57. The molecule has 1 aromatic rings. The molecule has 0 spiro atoms. The molecule has 0 radical (unpaired) electrons. The van der Waals surface area contributed by atoms with Crippen molar-refractivity contribution < 1.29 is 19.1 Å². The van der Waals surface area contributed by atoms with Gasteiger partial charge in [0.2, 0.25) is 0 Å². The van der Waals surface area contributed by atoms with Crippen LogP contribution in [0.5, 0.6) is 5.75 Å². The highest BCUT2D eigenvalue weighted by Gasteiger charge is 2.14. The van der Waals surface area contributed by atoms with Crippen LogP contribution in [0.3, 0.4) is 0 Å². The Hall–Kier alpha value is -1.87. The fourth-order valence-corrected chi connectivity index (χ4v) is 3.27. The van der Waals surface area contributed by atoms with Crippen molar-refractivity contribution in [3.8, 4) is 5.75 Å². The first kappa shape index (κ1) is 18.5. The number of aryl methyl sites for hydroxylation is 2. The first-order valence-corrected chi connectivity index (χ1v) is 9.38. The van der Waals surface area contributed by atoms with Crippen molar-refractivity contribution in [1.82, 2.24) is 0 Å². The van der Waals surface area contributed by atoms with E-state index < -0.39 is 7.60 Å². The summed E-state index contributed by atoms with van der Waals surface area (Å²) >= 11 is 0. The Morgan fingerprint density at radius 1 is 1.25 bits per heavy atom. The lowest BCUT2D eigenvalue weighted by Crippen LogP contribution is -2.09. The topological polar surface area (TPSA) is 66.8 Å². The molecule has 0 fully saturated rings. The highest BCUT2D eigenvalue weighted by molar-refractivity contribution is 7.55. The van der Waals surface area contributed by atoms with Crippen LogP contribution in [0, 0.1) is 13.8 Å². The molecule has 1 aliphatic heterocycles. The van der Waals surface area contributed by atoms with Crippen molar-refractivity contribution in [1.29, 1.82) is 0 Å². The average Bonchev–Trinajstić information content (AvgIpc) is 2.44. The van der Waals surface area contributed by atoms with Crippen molar-refractivity contribution >= 4 is 13.7 Å². The maximum Gasteiger partial charge on any atom is 0.349 e. The van der Waals surface area contributed by atoms with Crippen molar-refractivity contribution in [2.75, 3.05) is 6.61 Å². The van der Waals surface area contributed by atoms with Gasteiger partial charge in [0.15, 0.2) is 0 Å². The van der Waals surface area contributed by atoms with Gasteiger partial charge in [-0.3, -0.25) is 4.57 Å². The zero-order valence-corrected chi connectivity index (χ0v) is 15.3. The van der Waals surface area contributed by atoms with Crippen LogP contribution in [0.15, 0.2) is 52.9 Å². The minimum Gasteiger partial charge on any atom is -0.488 e. The molecule has 5 heteroatoms. The molecular weight excluding hydrogens is 323 g/mol. The van der Waals surface area contributed by atoms with E-state index in [0.717, 1.165) is 33.8 Å². The normalized spacial score (nSPS) is 16.0. The monoisotopic (exact) mass is 346 g/mol. The van der Waals surface area contributed by atoms with Crippen LogP contribution >= 0.6 is 7.60 Å². The zero-order chi connectivity index (χ0) is 17.9. The number of hydrogen-bond acceptors (Lipinski definition) is 2. The lowest BCUT2D eigenvalue weighted by molar-refractivity contribution is 0.347. The molecule has 0 bridgehead atoms. The summed E-state index contributed by atoms with van der Waals surface area (Å²) in [4.78, 5) is 17.8. The molecule has 0 saturated heterocycles. The number of rotatable bonds is 4. The summed E-state index contributed by atoms with van der Waals surface area (Å²) in [7, 11) is -4.12. The number of fused-ring (bicyclic) bond motifs is 1.